The number of carboxylic acids is 2. The van der Waals surface area contributed by atoms with E-state index in [1.165, 1.54) is 6.08 Å². The average molecular weight is 621 g/mol. The van der Waals surface area contributed by atoms with Crippen LogP contribution in [0.4, 0.5) is 0 Å². The van der Waals surface area contributed by atoms with Crippen LogP contribution in [0.25, 0.3) is 6.08 Å². The van der Waals surface area contributed by atoms with Crippen LogP contribution in [0, 0.1) is 19.8 Å². The predicted molar refractivity (Wildman–Crippen MR) is 172 cm³/mol. The van der Waals surface area contributed by atoms with Crippen molar-refractivity contribution in [1.82, 2.24) is 20.6 Å². The fraction of sp³-hybridized carbons (Fsp3) is 0.394. The zero-order valence-electron chi connectivity index (χ0n) is 25.5. The van der Waals surface area contributed by atoms with Crippen LogP contribution < -0.4 is 10.6 Å². The summed E-state index contributed by atoms with van der Waals surface area (Å²) in [6, 6.07) is -0.197. The molecule has 0 radical (unpaired) electrons. The number of aromatic amines is 2. The first-order valence-corrected chi connectivity index (χ1v) is 15.3. The Bertz CT molecular complexity index is 1620. The first-order valence-electron chi connectivity index (χ1n) is 14.7. The summed E-state index contributed by atoms with van der Waals surface area (Å²) in [5, 5.41) is 24.9. The van der Waals surface area contributed by atoms with Gasteiger partial charge in [0.05, 0.1) is 12.0 Å². The first-order chi connectivity index (χ1) is 20.9. The van der Waals surface area contributed by atoms with Crippen LogP contribution in [0.3, 0.4) is 0 Å². The number of H-pyrrole nitrogens is 2. The largest absolute Gasteiger partial charge is 0.481 e. The second kappa shape index (κ2) is 13.6. The van der Waals surface area contributed by atoms with E-state index in [1.807, 2.05) is 39.8 Å². The van der Waals surface area contributed by atoms with Crippen LogP contribution >= 0.6 is 12.6 Å². The third-order valence-electron chi connectivity index (χ3n) is 8.75. The molecule has 2 aromatic heterocycles. The van der Waals surface area contributed by atoms with Crippen LogP contribution in [-0.4, -0.2) is 55.7 Å². The Morgan fingerprint density at radius 3 is 2.14 bits per heavy atom. The lowest BCUT2D eigenvalue weighted by molar-refractivity contribution is -0.138. The fourth-order valence-corrected chi connectivity index (χ4v) is 6.42. The van der Waals surface area contributed by atoms with Gasteiger partial charge in [0.25, 0.3) is 5.91 Å². The normalized spacial score (nSPS) is 20.1. The summed E-state index contributed by atoms with van der Waals surface area (Å²) in [6.07, 6.45) is 6.77. The van der Waals surface area contributed by atoms with Crippen LogP contribution in [0.1, 0.15) is 71.7 Å². The van der Waals surface area contributed by atoms with E-state index < -0.39 is 11.9 Å². The minimum Gasteiger partial charge on any atom is -0.481 e. The molecular formula is C33H40N4O6S. The Labute approximate surface area is 262 Å². The predicted octanol–water partition coefficient (Wildman–Crippen LogP) is 4.09. The van der Waals surface area contributed by atoms with Gasteiger partial charge in [-0.15, -0.1) is 0 Å². The molecule has 0 aromatic carbocycles. The van der Waals surface area contributed by atoms with Gasteiger partial charge in [0.1, 0.15) is 0 Å². The van der Waals surface area contributed by atoms with Crippen molar-refractivity contribution in [3.05, 3.63) is 86.2 Å². The van der Waals surface area contributed by atoms with Crippen molar-refractivity contribution < 1.29 is 29.4 Å². The number of rotatable bonds is 13. The zero-order valence-corrected chi connectivity index (χ0v) is 26.4. The van der Waals surface area contributed by atoms with E-state index in [0.717, 1.165) is 56.2 Å². The molecule has 234 valence electrons. The van der Waals surface area contributed by atoms with Crippen LogP contribution in [0.5, 0.6) is 0 Å². The monoisotopic (exact) mass is 620 g/mol. The lowest BCUT2D eigenvalue weighted by Crippen LogP contribution is -2.28. The van der Waals surface area contributed by atoms with Crippen molar-refractivity contribution in [3.8, 4) is 0 Å². The molecule has 2 aliphatic rings. The Kier molecular flexibility index (Phi) is 10.1. The number of aromatic nitrogens is 2. The summed E-state index contributed by atoms with van der Waals surface area (Å²) in [4.78, 5) is 54.9. The lowest BCUT2D eigenvalue weighted by Gasteiger charge is -2.13. The number of nitrogens with one attached hydrogen (secondary N) is 4. The van der Waals surface area contributed by atoms with Crippen molar-refractivity contribution in [1.29, 1.82) is 0 Å². The highest BCUT2D eigenvalue weighted by Crippen LogP contribution is 2.32. The van der Waals surface area contributed by atoms with E-state index in [4.69, 9.17) is 0 Å². The van der Waals surface area contributed by atoms with Gasteiger partial charge in [0, 0.05) is 65.5 Å². The Morgan fingerprint density at radius 2 is 1.57 bits per heavy atom. The molecule has 4 heterocycles. The van der Waals surface area contributed by atoms with Gasteiger partial charge in [-0.05, 0) is 80.0 Å². The third kappa shape index (κ3) is 6.77. The number of carboxylic acid groups (broad SMARTS) is 2. The Morgan fingerprint density at radius 1 is 0.955 bits per heavy atom. The van der Waals surface area contributed by atoms with E-state index in [2.05, 4.69) is 39.8 Å². The molecule has 0 bridgehead atoms. The van der Waals surface area contributed by atoms with Gasteiger partial charge < -0.3 is 30.8 Å². The molecule has 0 spiro atoms. The number of thiol groups is 1. The molecular weight excluding hydrogens is 580 g/mol. The lowest BCUT2D eigenvalue weighted by atomic mass is 9.94. The average Bonchev–Trinajstić information content (AvgIpc) is 3.60. The molecule has 10 nitrogen and oxygen atoms in total. The highest BCUT2D eigenvalue weighted by molar-refractivity contribution is 7.80. The van der Waals surface area contributed by atoms with Gasteiger partial charge in [-0.1, -0.05) is 18.7 Å². The van der Waals surface area contributed by atoms with Crippen molar-refractivity contribution in [3.63, 3.8) is 0 Å². The van der Waals surface area contributed by atoms with Crippen LogP contribution in [0.2, 0.25) is 0 Å². The van der Waals surface area contributed by atoms with E-state index in [0.29, 0.717) is 42.7 Å². The maximum atomic E-state index is 12.5. The molecule has 0 aliphatic carbocycles. The van der Waals surface area contributed by atoms with E-state index in [-0.39, 0.29) is 36.6 Å². The molecule has 1 unspecified atom stereocenters. The first kappa shape index (κ1) is 32.7. The van der Waals surface area contributed by atoms with Crippen LogP contribution in [0.15, 0.2) is 41.1 Å². The molecule has 2 aliphatic heterocycles. The standard InChI is InChI=1S/C33H40N4O6S/c1-6-20-16(2)26(36-33(20)43)13-24-17(3)21(7-9-30(38)39)27(34-24)15-28-22(8-10-31(40)41)18(4)25(35-28)14-29-23(11-12-44)19(5)32(42)37-29/h6,11,13,19,29,34-35,44H,1,7-10,12,14-15H2,2-5H3,(H,36,43)(H,37,42)(H,38,39)(H,40,41)/b23-11+,26-13+/t19-,29?/m0/s1. The Balaban J connectivity index is 1.75. The number of allylic oxidation sites excluding steroid dienone is 1. The van der Waals surface area contributed by atoms with Crippen molar-refractivity contribution in [2.75, 3.05) is 5.75 Å². The molecule has 0 saturated carbocycles. The minimum absolute atomic E-state index is 0.0334. The van der Waals surface area contributed by atoms with Gasteiger partial charge in [-0.2, -0.15) is 12.6 Å². The molecule has 4 rings (SSSR count). The summed E-state index contributed by atoms with van der Waals surface area (Å²) in [6.45, 7) is 11.3. The fourth-order valence-electron chi connectivity index (χ4n) is 6.21. The van der Waals surface area contributed by atoms with E-state index in [9.17, 15) is 29.4 Å². The minimum atomic E-state index is -0.910. The highest BCUT2D eigenvalue weighted by Gasteiger charge is 2.34. The number of amides is 2. The number of hydrogen-bond acceptors (Lipinski definition) is 5. The van der Waals surface area contributed by atoms with Gasteiger partial charge in [-0.3, -0.25) is 19.2 Å². The molecule has 1 saturated heterocycles. The van der Waals surface area contributed by atoms with Gasteiger partial charge in [-0.25, -0.2) is 0 Å². The summed E-state index contributed by atoms with van der Waals surface area (Å²) in [5.41, 5.74) is 9.81. The summed E-state index contributed by atoms with van der Waals surface area (Å²) < 4.78 is 0. The second-order valence-corrected chi connectivity index (χ2v) is 11.8. The highest BCUT2D eigenvalue weighted by atomic mass is 32.1. The van der Waals surface area contributed by atoms with Gasteiger partial charge in [0.2, 0.25) is 5.91 Å². The van der Waals surface area contributed by atoms with Crippen molar-refractivity contribution >= 4 is 42.5 Å². The quantitative estimate of drug-likeness (QED) is 0.132. The van der Waals surface area contributed by atoms with Gasteiger partial charge in [0.15, 0.2) is 0 Å². The molecule has 2 amide bonds. The summed E-state index contributed by atoms with van der Waals surface area (Å²) in [5.74, 6) is -1.80. The maximum Gasteiger partial charge on any atom is 0.303 e. The van der Waals surface area contributed by atoms with E-state index in [1.54, 1.807) is 0 Å². The number of carbonyl (C=O) groups is 4. The maximum absolute atomic E-state index is 12.5. The van der Waals surface area contributed by atoms with Crippen LogP contribution in [-0.2, 0) is 44.9 Å². The second-order valence-electron chi connectivity index (χ2n) is 11.4. The molecule has 6 N–H and O–H groups in total. The number of carbonyl (C=O) groups excluding carboxylic acids is 2. The molecule has 44 heavy (non-hydrogen) atoms. The zero-order chi connectivity index (χ0) is 32.3. The summed E-state index contributed by atoms with van der Waals surface area (Å²) >= 11 is 4.33. The third-order valence-corrected chi connectivity index (χ3v) is 8.93. The summed E-state index contributed by atoms with van der Waals surface area (Å²) in [7, 11) is 0. The van der Waals surface area contributed by atoms with Crippen molar-refractivity contribution in [2.24, 2.45) is 5.92 Å². The molecule has 2 aromatic rings. The van der Waals surface area contributed by atoms with Gasteiger partial charge >= 0.3 is 11.9 Å². The Hall–Kier alpha value is -4.25. The number of aliphatic carboxylic acids is 2. The van der Waals surface area contributed by atoms with Crippen molar-refractivity contribution in [2.45, 2.75) is 72.3 Å². The SMILES string of the molecule is C=CC1=C(C)/C(=C\c2[nH]c(Cc3[nH]c(CC4NC(=O)[C@@H](C)/C4=C\CS)c(C)c3CCC(=O)O)c(CCC(=O)O)c2C)NC1=O. The molecule has 11 heteroatoms. The topological polar surface area (TPSA) is 164 Å². The van der Waals surface area contributed by atoms with E-state index >= 15 is 0 Å². The smallest absolute Gasteiger partial charge is 0.303 e. The molecule has 1 fully saturated rings. The molecule has 2 atom stereocenters. The number of hydrogen-bond donors (Lipinski definition) is 7.